The number of rotatable bonds is 8. The van der Waals surface area contributed by atoms with E-state index in [4.69, 9.17) is 4.74 Å². The van der Waals surface area contributed by atoms with Gasteiger partial charge in [-0.2, -0.15) is 4.80 Å². The Bertz CT molecular complexity index is 1110. The van der Waals surface area contributed by atoms with Crippen molar-refractivity contribution in [2.75, 3.05) is 18.6 Å². The third-order valence-corrected chi connectivity index (χ3v) is 5.79. The van der Waals surface area contributed by atoms with E-state index >= 15 is 0 Å². The van der Waals surface area contributed by atoms with Crippen LogP contribution in [0.3, 0.4) is 0 Å². The number of methoxy groups -OCH3 is 1. The number of amides is 2. The third kappa shape index (κ3) is 5.94. The summed E-state index contributed by atoms with van der Waals surface area (Å²) in [5.74, 6) is -0.0295. The molecule has 4 rings (SSSR count). The van der Waals surface area contributed by atoms with Gasteiger partial charge in [0.15, 0.2) is 0 Å². The normalized spacial score (nSPS) is 13.9. The lowest BCUT2D eigenvalue weighted by molar-refractivity contribution is -0.124. The molecule has 10 heteroatoms. The fraction of sp³-hybridized carbons (Fsp3) is 0.375. The summed E-state index contributed by atoms with van der Waals surface area (Å²) in [6.45, 7) is -0.335. The summed E-state index contributed by atoms with van der Waals surface area (Å²) in [6.07, 6.45) is 5.29. The molecule has 1 aliphatic rings. The summed E-state index contributed by atoms with van der Waals surface area (Å²) in [4.78, 5) is 28.6. The Balaban J connectivity index is 1.48. The van der Waals surface area contributed by atoms with Crippen molar-refractivity contribution in [1.29, 1.82) is 0 Å². The van der Waals surface area contributed by atoms with Gasteiger partial charge in [-0.3, -0.25) is 9.59 Å². The molecule has 1 fully saturated rings. The Morgan fingerprint density at radius 2 is 1.79 bits per heavy atom. The maximum Gasteiger partial charge on any atom is 0.251 e. The summed E-state index contributed by atoms with van der Waals surface area (Å²) in [5.41, 5.74) is 1.14. The van der Waals surface area contributed by atoms with E-state index < -0.39 is 0 Å². The average Bonchev–Trinajstić information content (AvgIpc) is 3.32. The van der Waals surface area contributed by atoms with Crippen LogP contribution in [0.5, 0.6) is 5.75 Å². The van der Waals surface area contributed by atoms with Crippen LogP contribution < -0.4 is 15.0 Å². The molecule has 3 aromatic rings. The van der Waals surface area contributed by atoms with Gasteiger partial charge in [0.2, 0.25) is 11.7 Å². The first kappa shape index (κ1) is 23.3. The van der Waals surface area contributed by atoms with Crippen LogP contribution in [0, 0.1) is 5.82 Å². The van der Waals surface area contributed by atoms with Crippen LogP contribution in [-0.4, -0.2) is 51.7 Å². The largest absolute Gasteiger partial charge is 0.497 e. The minimum absolute atomic E-state index is 0.124. The van der Waals surface area contributed by atoms with Crippen LogP contribution in [0.4, 0.5) is 10.1 Å². The van der Waals surface area contributed by atoms with Crippen molar-refractivity contribution >= 4 is 17.5 Å². The van der Waals surface area contributed by atoms with Crippen LogP contribution in [0.25, 0.3) is 11.4 Å². The molecule has 0 aliphatic heterocycles. The van der Waals surface area contributed by atoms with E-state index in [9.17, 15) is 14.0 Å². The molecule has 0 unspecified atom stereocenters. The van der Waals surface area contributed by atoms with Crippen molar-refractivity contribution < 1.29 is 18.7 Å². The Morgan fingerprint density at radius 1 is 1.09 bits per heavy atom. The number of benzene rings is 2. The molecule has 0 bridgehead atoms. The van der Waals surface area contributed by atoms with Crippen molar-refractivity contribution in [2.24, 2.45) is 0 Å². The minimum atomic E-state index is -0.369. The highest BCUT2D eigenvalue weighted by Crippen LogP contribution is 2.21. The minimum Gasteiger partial charge on any atom is -0.497 e. The van der Waals surface area contributed by atoms with Crippen molar-refractivity contribution in [3.63, 3.8) is 0 Å². The van der Waals surface area contributed by atoms with Gasteiger partial charge in [0, 0.05) is 17.3 Å². The predicted octanol–water partition coefficient (Wildman–Crippen LogP) is 2.97. The molecule has 9 nitrogen and oxygen atoms in total. The molecule has 1 aromatic heterocycles. The molecule has 1 N–H and O–H groups in total. The summed E-state index contributed by atoms with van der Waals surface area (Å²) >= 11 is 0. The molecule has 34 heavy (non-hydrogen) atoms. The van der Waals surface area contributed by atoms with E-state index in [1.54, 1.807) is 31.4 Å². The van der Waals surface area contributed by atoms with Gasteiger partial charge < -0.3 is 15.0 Å². The van der Waals surface area contributed by atoms with Crippen LogP contribution in [0.2, 0.25) is 0 Å². The molecule has 0 saturated heterocycles. The van der Waals surface area contributed by atoms with Gasteiger partial charge in [0.25, 0.3) is 5.91 Å². The molecule has 2 aromatic carbocycles. The van der Waals surface area contributed by atoms with Crippen LogP contribution in [0.1, 0.15) is 32.1 Å². The summed E-state index contributed by atoms with van der Waals surface area (Å²) < 4.78 is 18.4. The van der Waals surface area contributed by atoms with Crippen LogP contribution in [-0.2, 0) is 16.1 Å². The zero-order valence-electron chi connectivity index (χ0n) is 19.0. The number of hydrogen-bond donors (Lipinski definition) is 1. The molecular weight excluding hydrogens is 439 g/mol. The smallest absolute Gasteiger partial charge is 0.251 e. The van der Waals surface area contributed by atoms with Crippen molar-refractivity contribution in [1.82, 2.24) is 25.5 Å². The first-order valence-corrected chi connectivity index (χ1v) is 11.3. The first-order chi connectivity index (χ1) is 16.5. The van der Waals surface area contributed by atoms with Crippen LogP contribution in [0.15, 0.2) is 48.5 Å². The van der Waals surface area contributed by atoms with Crippen LogP contribution >= 0.6 is 0 Å². The topological polar surface area (TPSA) is 102 Å². The molecule has 2 amide bonds. The SMILES string of the molecule is COc1ccc(N(CC(=O)NC2CCCCC2)C(=O)Cn2nnc(-c3ccc(F)cc3)n2)cc1. The number of nitrogens with zero attached hydrogens (tertiary/aromatic N) is 5. The van der Waals surface area contributed by atoms with Crippen molar-refractivity contribution in [3.8, 4) is 17.1 Å². The maximum absolute atomic E-state index is 13.2. The van der Waals surface area contributed by atoms with Gasteiger partial charge >= 0.3 is 0 Å². The lowest BCUT2D eigenvalue weighted by Crippen LogP contribution is -2.45. The number of hydrogen-bond acceptors (Lipinski definition) is 6. The van der Waals surface area contributed by atoms with E-state index in [2.05, 4.69) is 20.7 Å². The molecule has 0 radical (unpaired) electrons. The molecular formula is C24H27FN6O3. The highest BCUT2D eigenvalue weighted by Gasteiger charge is 2.23. The molecule has 0 spiro atoms. The van der Waals surface area contributed by atoms with Crippen molar-refractivity contribution in [2.45, 2.75) is 44.7 Å². The maximum atomic E-state index is 13.2. The summed E-state index contributed by atoms with van der Waals surface area (Å²) in [5, 5.41) is 15.2. The van der Waals surface area contributed by atoms with E-state index in [1.165, 1.54) is 35.6 Å². The Labute approximate surface area is 196 Å². The van der Waals surface area contributed by atoms with Gasteiger partial charge in [0.05, 0.1) is 7.11 Å². The third-order valence-electron chi connectivity index (χ3n) is 5.79. The summed E-state index contributed by atoms with van der Waals surface area (Å²) in [7, 11) is 1.56. The standard InChI is InChI=1S/C24H27FN6O3/c1-34-21-13-11-20(12-14-21)30(15-22(32)26-19-5-3-2-4-6-19)23(33)16-31-28-24(27-29-31)17-7-9-18(25)10-8-17/h7-14,19H,2-6,15-16H2,1H3,(H,26,32). The first-order valence-electron chi connectivity index (χ1n) is 11.3. The number of halogens is 1. The second-order valence-electron chi connectivity index (χ2n) is 8.23. The fourth-order valence-corrected chi connectivity index (χ4v) is 3.98. The molecule has 1 saturated carbocycles. The second-order valence-corrected chi connectivity index (χ2v) is 8.23. The van der Waals surface area contributed by atoms with Gasteiger partial charge in [-0.05, 0) is 66.6 Å². The highest BCUT2D eigenvalue weighted by atomic mass is 19.1. The molecule has 178 valence electrons. The highest BCUT2D eigenvalue weighted by molar-refractivity contribution is 5.98. The number of carbonyl (C=O) groups excluding carboxylic acids is 2. The number of anilines is 1. The number of carbonyl (C=O) groups is 2. The van der Waals surface area contributed by atoms with Gasteiger partial charge in [-0.15, -0.1) is 10.2 Å². The van der Waals surface area contributed by atoms with Gasteiger partial charge in [-0.1, -0.05) is 19.3 Å². The summed E-state index contributed by atoms with van der Waals surface area (Å²) in [6, 6.07) is 12.7. The van der Waals surface area contributed by atoms with E-state index in [-0.39, 0.29) is 42.6 Å². The van der Waals surface area contributed by atoms with E-state index in [1.807, 2.05) is 0 Å². The number of tetrazole rings is 1. The quantitative estimate of drug-likeness (QED) is 0.548. The predicted molar refractivity (Wildman–Crippen MR) is 124 cm³/mol. The monoisotopic (exact) mass is 466 g/mol. The zero-order chi connectivity index (χ0) is 23.9. The Morgan fingerprint density at radius 3 is 2.47 bits per heavy atom. The van der Waals surface area contributed by atoms with Crippen molar-refractivity contribution in [3.05, 3.63) is 54.3 Å². The van der Waals surface area contributed by atoms with Gasteiger partial charge in [-0.25, -0.2) is 4.39 Å². The Kier molecular flexibility index (Phi) is 7.46. The second kappa shape index (κ2) is 10.9. The number of ether oxygens (including phenoxy) is 1. The lowest BCUT2D eigenvalue weighted by atomic mass is 9.95. The molecule has 0 atom stereocenters. The molecule has 1 aliphatic carbocycles. The lowest BCUT2D eigenvalue weighted by Gasteiger charge is -2.26. The van der Waals surface area contributed by atoms with Gasteiger partial charge in [0.1, 0.15) is 24.7 Å². The van der Waals surface area contributed by atoms with E-state index in [0.717, 1.165) is 30.5 Å². The number of nitrogens with one attached hydrogen (secondary N) is 1. The average molecular weight is 467 g/mol. The van der Waals surface area contributed by atoms with E-state index in [0.29, 0.717) is 17.0 Å². The fourth-order valence-electron chi connectivity index (χ4n) is 3.98. The zero-order valence-corrected chi connectivity index (χ0v) is 19.0. The number of aromatic nitrogens is 4. The Hall–Kier alpha value is -3.82. The molecule has 1 heterocycles.